The van der Waals surface area contributed by atoms with Crippen LogP contribution in [0.3, 0.4) is 0 Å². The van der Waals surface area contributed by atoms with Gasteiger partial charge in [-0.1, -0.05) is 64.3 Å². The number of carbonyl (C=O) groups excluding carboxylic acids is 3. The number of hydrogen-bond acceptors (Lipinski definition) is 6. The van der Waals surface area contributed by atoms with Gasteiger partial charge in [-0.25, -0.2) is 8.78 Å². The first-order chi connectivity index (χ1) is 19.8. The molecule has 2 aromatic rings. The summed E-state index contributed by atoms with van der Waals surface area (Å²) in [6, 6.07) is 7.19. The molecule has 0 aromatic heterocycles. The fourth-order valence-corrected chi connectivity index (χ4v) is 4.25. The zero-order valence-corrected chi connectivity index (χ0v) is 25.4. The quantitative estimate of drug-likeness (QED) is 0.0981. The molecule has 1 aliphatic rings. The third kappa shape index (κ3) is 12.7. The van der Waals surface area contributed by atoms with Crippen LogP contribution in [0.4, 0.5) is 17.6 Å². The van der Waals surface area contributed by atoms with E-state index in [4.69, 9.17) is 4.74 Å². The number of halogens is 4. The molecule has 0 saturated heterocycles. The number of nitrogens with zero attached hydrogens (tertiary/aromatic N) is 1. The molecule has 0 aliphatic heterocycles. The van der Waals surface area contributed by atoms with Gasteiger partial charge >= 0.3 is 11.9 Å². The number of aldehydes is 1. The van der Waals surface area contributed by atoms with E-state index in [-0.39, 0.29) is 31.0 Å². The van der Waals surface area contributed by atoms with Crippen molar-refractivity contribution in [1.82, 2.24) is 4.90 Å². The van der Waals surface area contributed by atoms with E-state index in [0.29, 0.717) is 18.5 Å². The topological polar surface area (TPSA) is 72.9 Å². The molecule has 0 radical (unpaired) electrons. The Balaban J connectivity index is 0.00000135. The Morgan fingerprint density at radius 1 is 0.905 bits per heavy atom. The van der Waals surface area contributed by atoms with E-state index in [1.165, 1.54) is 6.42 Å². The van der Waals surface area contributed by atoms with E-state index in [1.807, 2.05) is 41.5 Å². The Morgan fingerprint density at radius 2 is 1.40 bits per heavy atom. The molecular weight excluding hydrogens is 554 g/mol. The molecule has 0 heterocycles. The molecule has 1 aliphatic carbocycles. The van der Waals surface area contributed by atoms with Crippen LogP contribution in [0.25, 0.3) is 0 Å². The van der Waals surface area contributed by atoms with Crippen LogP contribution < -0.4 is 4.74 Å². The van der Waals surface area contributed by atoms with Gasteiger partial charge in [-0.2, -0.15) is 8.78 Å². The lowest BCUT2D eigenvalue weighted by molar-refractivity contribution is -0.157. The Hall–Kier alpha value is -3.27. The van der Waals surface area contributed by atoms with Crippen LogP contribution in [0, 0.1) is 23.3 Å². The lowest BCUT2D eigenvalue weighted by Crippen LogP contribution is -2.41. The molecule has 0 spiro atoms. The Kier molecular flexibility index (Phi) is 16.0. The lowest BCUT2D eigenvalue weighted by Gasteiger charge is -2.34. The van der Waals surface area contributed by atoms with Gasteiger partial charge in [-0.15, -0.1) is 0 Å². The predicted molar refractivity (Wildman–Crippen MR) is 153 cm³/mol. The average Bonchev–Trinajstić information content (AvgIpc) is 2.95. The van der Waals surface area contributed by atoms with Crippen LogP contribution in [-0.2, 0) is 32.1 Å². The summed E-state index contributed by atoms with van der Waals surface area (Å²) < 4.78 is 64.3. The van der Waals surface area contributed by atoms with Crippen molar-refractivity contribution in [2.75, 3.05) is 6.54 Å². The van der Waals surface area contributed by atoms with E-state index >= 15 is 0 Å². The summed E-state index contributed by atoms with van der Waals surface area (Å²) in [5, 5.41) is 0. The molecule has 2 aromatic carbocycles. The van der Waals surface area contributed by atoms with E-state index in [1.54, 1.807) is 24.3 Å². The first-order valence-corrected chi connectivity index (χ1v) is 14.4. The zero-order valence-electron chi connectivity index (χ0n) is 25.4. The lowest BCUT2D eigenvalue weighted by atomic mass is 9.93. The number of rotatable bonds is 9. The number of ether oxygens (including phenoxy) is 2. The molecule has 3 rings (SSSR count). The van der Waals surface area contributed by atoms with Crippen LogP contribution in [0.2, 0.25) is 0 Å². The summed E-state index contributed by atoms with van der Waals surface area (Å²) in [6.07, 6.45) is 6.54. The highest BCUT2D eigenvalue weighted by atomic mass is 19.2. The van der Waals surface area contributed by atoms with Crippen LogP contribution in [0.5, 0.6) is 5.75 Å². The van der Waals surface area contributed by atoms with E-state index in [9.17, 15) is 31.9 Å². The molecule has 0 amide bonds. The normalized spacial score (nSPS) is 13.3. The molecular formula is C32H43F4NO5. The second kappa shape index (κ2) is 18.3. The largest absolute Gasteiger partial charge is 0.459 e. The first kappa shape index (κ1) is 36.8. The predicted octanol–water partition coefficient (Wildman–Crippen LogP) is 7.49. The third-order valence-electron chi connectivity index (χ3n) is 6.05. The summed E-state index contributed by atoms with van der Waals surface area (Å²) in [7, 11) is 0. The highest BCUT2D eigenvalue weighted by Crippen LogP contribution is 2.27. The van der Waals surface area contributed by atoms with E-state index in [2.05, 4.69) is 9.64 Å². The first-order valence-electron chi connectivity index (χ1n) is 14.4. The summed E-state index contributed by atoms with van der Waals surface area (Å²) in [4.78, 5) is 35.9. The summed E-state index contributed by atoms with van der Waals surface area (Å²) in [6.45, 7) is 12.0. The van der Waals surface area contributed by atoms with Gasteiger partial charge in [0.1, 0.15) is 11.9 Å². The second-order valence-electron chi connectivity index (χ2n) is 10.6. The molecule has 0 unspecified atom stereocenters. The SMILES string of the molecule is CC.CC(C)(C)OC(=O)CN(Cc1ccc(CC(=O)Oc2c(F)c(F)cc(F)c2F)cc1)C1CCCCC1.CCC=O. The van der Waals surface area contributed by atoms with Crippen molar-refractivity contribution in [3.63, 3.8) is 0 Å². The maximum absolute atomic E-state index is 13.8. The second-order valence-corrected chi connectivity index (χ2v) is 10.6. The van der Waals surface area contributed by atoms with Crippen LogP contribution in [0.1, 0.15) is 91.2 Å². The minimum absolute atomic E-state index is 0.0418. The summed E-state index contributed by atoms with van der Waals surface area (Å²) in [5.74, 6) is -9.62. The number of benzene rings is 2. The molecule has 0 N–H and O–H groups in total. The van der Waals surface area contributed by atoms with Gasteiger partial charge in [-0.3, -0.25) is 14.5 Å². The van der Waals surface area contributed by atoms with Crippen LogP contribution >= 0.6 is 0 Å². The fraction of sp³-hybridized carbons (Fsp3) is 0.531. The Bertz CT molecular complexity index is 1120. The third-order valence-corrected chi connectivity index (χ3v) is 6.05. The van der Waals surface area contributed by atoms with Crippen molar-refractivity contribution in [2.24, 2.45) is 0 Å². The Labute approximate surface area is 246 Å². The molecule has 6 nitrogen and oxygen atoms in total. The Morgan fingerprint density at radius 3 is 1.88 bits per heavy atom. The highest BCUT2D eigenvalue weighted by Gasteiger charge is 2.26. The summed E-state index contributed by atoms with van der Waals surface area (Å²) >= 11 is 0. The highest BCUT2D eigenvalue weighted by molar-refractivity contribution is 5.75. The smallest absolute Gasteiger partial charge is 0.320 e. The maximum atomic E-state index is 13.8. The van der Waals surface area contributed by atoms with Gasteiger partial charge in [0.2, 0.25) is 17.4 Å². The standard InChI is InChI=1S/C27H31F4NO4.C3H6O.C2H6/c1-27(2,3)36-23(34)16-32(19-7-5-4-6-8-19)15-18-11-9-17(10-12-18)13-22(33)35-26-24(30)20(28)14-21(29)25(26)31;1-2-3-4;1-2/h9-12,14,19H,4-8,13,15-16H2,1-3H3;3H,2H2,1H3;1-2H3. The number of carbonyl (C=O) groups is 3. The zero-order chi connectivity index (χ0) is 31.9. The molecule has 1 fully saturated rings. The van der Waals surface area contributed by atoms with Crippen molar-refractivity contribution in [3.8, 4) is 5.75 Å². The minimum Gasteiger partial charge on any atom is -0.459 e. The van der Waals surface area contributed by atoms with Crippen molar-refractivity contribution in [3.05, 3.63) is 64.7 Å². The van der Waals surface area contributed by atoms with Gasteiger partial charge in [0.05, 0.1) is 13.0 Å². The van der Waals surface area contributed by atoms with Crippen LogP contribution in [0.15, 0.2) is 30.3 Å². The summed E-state index contributed by atoms with van der Waals surface area (Å²) in [5.41, 5.74) is 0.817. The van der Waals surface area contributed by atoms with Crippen molar-refractivity contribution >= 4 is 18.2 Å². The van der Waals surface area contributed by atoms with Crippen molar-refractivity contribution < 1.29 is 41.4 Å². The van der Waals surface area contributed by atoms with Gasteiger partial charge < -0.3 is 14.3 Å². The maximum Gasteiger partial charge on any atom is 0.320 e. The molecule has 0 bridgehead atoms. The molecule has 10 heteroatoms. The van der Waals surface area contributed by atoms with E-state index in [0.717, 1.165) is 37.5 Å². The molecule has 0 atom stereocenters. The van der Waals surface area contributed by atoms with Gasteiger partial charge in [0, 0.05) is 25.1 Å². The monoisotopic (exact) mass is 597 g/mol. The van der Waals surface area contributed by atoms with E-state index < -0.39 is 40.6 Å². The van der Waals surface area contributed by atoms with Crippen molar-refractivity contribution in [2.45, 2.75) is 105 Å². The fourth-order valence-electron chi connectivity index (χ4n) is 4.25. The number of esters is 2. The van der Waals surface area contributed by atoms with Crippen molar-refractivity contribution in [1.29, 1.82) is 0 Å². The average molecular weight is 598 g/mol. The van der Waals surface area contributed by atoms with Crippen LogP contribution in [-0.4, -0.2) is 41.3 Å². The molecule has 1 saturated carbocycles. The van der Waals surface area contributed by atoms with Gasteiger partial charge in [0.15, 0.2) is 11.6 Å². The number of hydrogen-bond donors (Lipinski definition) is 0. The van der Waals surface area contributed by atoms with Gasteiger partial charge in [-0.05, 0) is 44.7 Å². The van der Waals surface area contributed by atoms with Gasteiger partial charge in [0.25, 0.3) is 0 Å². The minimum atomic E-state index is -1.77. The molecule has 42 heavy (non-hydrogen) atoms. The molecule has 234 valence electrons.